The van der Waals surface area contributed by atoms with E-state index in [0.29, 0.717) is 6.61 Å². The Morgan fingerprint density at radius 3 is 2.45 bits per heavy atom. The first-order valence-corrected chi connectivity index (χ1v) is 11.4. The van der Waals surface area contributed by atoms with E-state index in [1.54, 1.807) is 7.11 Å². The second-order valence-electron chi connectivity index (χ2n) is 7.79. The summed E-state index contributed by atoms with van der Waals surface area (Å²) in [4.78, 5) is 18.1. The van der Waals surface area contributed by atoms with E-state index in [-0.39, 0.29) is 5.91 Å². The van der Waals surface area contributed by atoms with Crippen LogP contribution in [0.5, 0.6) is 11.5 Å². The molecule has 162 valence electrons. The Hall–Kier alpha value is -2.83. The topological polar surface area (TPSA) is 42.0 Å². The second kappa shape index (κ2) is 9.98. The third-order valence-corrected chi connectivity index (χ3v) is 6.54. The highest BCUT2D eigenvalue weighted by molar-refractivity contribution is 7.12. The van der Waals surface area contributed by atoms with Gasteiger partial charge in [0, 0.05) is 38.3 Å². The van der Waals surface area contributed by atoms with Gasteiger partial charge < -0.3 is 14.4 Å². The van der Waals surface area contributed by atoms with Crippen molar-refractivity contribution in [3.63, 3.8) is 0 Å². The van der Waals surface area contributed by atoms with Crippen LogP contribution in [0.15, 0.2) is 60.0 Å². The Bertz CT molecular complexity index is 1010. The Kier molecular flexibility index (Phi) is 6.89. The van der Waals surface area contributed by atoms with Crippen molar-refractivity contribution < 1.29 is 14.3 Å². The Balaban J connectivity index is 1.27. The minimum absolute atomic E-state index is 0.122. The number of amides is 1. The fourth-order valence-corrected chi connectivity index (χ4v) is 4.56. The number of hydrogen-bond donors (Lipinski definition) is 0. The summed E-state index contributed by atoms with van der Waals surface area (Å²) >= 11 is 1.50. The van der Waals surface area contributed by atoms with Crippen molar-refractivity contribution in [1.29, 1.82) is 0 Å². The lowest BCUT2D eigenvalue weighted by atomic mass is 10.2. The maximum absolute atomic E-state index is 12.9. The number of carbonyl (C=O) groups excluding carboxylic acids is 1. The van der Waals surface area contributed by atoms with Crippen LogP contribution in [-0.4, -0.2) is 49.0 Å². The minimum atomic E-state index is 0.122. The number of aryl methyl sites for hydroxylation is 1. The van der Waals surface area contributed by atoms with Crippen LogP contribution in [0.1, 0.15) is 26.4 Å². The molecule has 0 spiro atoms. The molecule has 1 aliphatic rings. The number of piperazine rings is 1. The van der Waals surface area contributed by atoms with Gasteiger partial charge in [0.1, 0.15) is 18.1 Å². The average molecular weight is 437 g/mol. The van der Waals surface area contributed by atoms with Crippen LogP contribution >= 0.6 is 11.3 Å². The first-order valence-electron chi connectivity index (χ1n) is 10.5. The first-order chi connectivity index (χ1) is 15.1. The molecular weight excluding hydrogens is 408 g/mol. The number of nitrogens with zero attached hydrogens (tertiary/aromatic N) is 2. The number of rotatable bonds is 7. The minimum Gasteiger partial charge on any atom is -0.497 e. The van der Waals surface area contributed by atoms with Gasteiger partial charge in [-0.25, -0.2) is 0 Å². The van der Waals surface area contributed by atoms with E-state index in [1.807, 2.05) is 59.7 Å². The molecular formula is C25H28N2O3S. The van der Waals surface area contributed by atoms with Crippen LogP contribution in [0.25, 0.3) is 0 Å². The lowest BCUT2D eigenvalue weighted by molar-refractivity contribution is 0.0633. The van der Waals surface area contributed by atoms with Crippen molar-refractivity contribution in [2.45, 2.75) is 20.1 Å². The predicted octanol–water partition coefficient (Wildman–Crippen LogP) is 4.60. The molecule has 1 amide bonds. The summed E-state index contributed by atoms with van der Waals surface area (Å²) in [5, 5.41) is 2.02. The van der Waals surface area contributed by atoms with E-state index in [4.69, 9.17) is 9.47 Å². The highest BCUT2D eigenvalue weighted by atomic mass is 32.1. The summed E-state index contributed by atoms with van der Waals surface area (Å²) in [7, 11) is 1.68. The molecule has 0 radical (unpaired) electrons. The molecule has 0 aliphatic carbocycles. The van der Waals surface area contributed by atoms with Gasteiger partial charge in [-0.2, -0.15) is 0 Å². The molecule has 0 N–H and O–H groups in total. The van der Waals surface area contributed by atoms with Gasteiger partial charge in [0.25, 0.3) is 5.91 Å². The monoisotopic (exact) mass is 436 g/mol. The third-order valence-electron chi connectivity index (χ3n) is 5.58. The molecule has 5 nitrogen and oxygen atoms in total. The van der Waals surface area contributed by atoms with Gasteiger partial charge in [0.15, 0.2) is 0 Å². The first kappa shape index (κ1) is 21.4. The van der Waals surface area contributed by atoms with E-state index in [9.17, 15) is 4.79 Å². The number of benzene rings is 2. The molecule has 1 saturated heterocycles. The van der Waals surface area contributed by atoms with E-state index in [1.165, 1.54) is 16.9 Å². The van der Waals surface area contributed by atoms with Gasteiger partial charge in [-0.05, 0) is 47.7 Å². The Morgan fingerprint density at radius 1 is 1.00 bits per heavy atom. The van der Waals surface area contributed by atoms with Crippen molar-refractivity contribution in [1.82, 2.24) is 9.80 Å². The molecule has 4 rings (SSSR count). The lowest BCUT2D eigenvalue weighted by Gasteiger charge is -2.34. The van der Waals surface area contributed by atoms with Gasteiger partial charge in [-0.1, -0.05) is 30.3 Å². The van der Waals surface area contributed by atoms with E-state index in [0.717, 1.165) is 60.2 Å². The maximum atomic E-state index is 12.9. The van der Waals surface area contributed by atoms with Crippen LogP contribution in [-0.2, 0) is 13.2 Å². The number of para-hydroxylation sites is 1. The largest absolute Gasteiger partial charge is 0.497 e. The van der Waals surface area contributed by atoms with Crippen molar-refractivity contribution >= 4 is 17.2 Å². The van der Waals surface area contributed by atoms with Gasteiger partial charge >= 0.3 is 0 Å². The molecule has 2 aromatic carbocycles. The van der Waals surface area contributed by atoms with E-state index in [2.05, 4.69) is 17.0 Å². The summed E-state index contributed by atoms with van der Waals surface area (Å²) in [6.45, 7) is 6.67. The molecule has 3 aromatic rings. The molecule has 0 atom stereocenters. The quantitative estimate of drug-likeness (QED) is 0.543. The SMILES string of the molecule is COc1ccc(CN2CCN(C(=O)c3cc(COc4ccccc4C)cs3)CC2)cc1. The van der Waals surface area contributed by atoms with E-state index < -0.39 is 0 Å². The van der Waals surface area contributed by atoms with Crippen LogP contribution in [0.4, 0.5) is 0 Å². The molecule has 1 aromatic heterocycles. The number of ether oxygens (including phenoxy) is 2. The number of methoxy groups -OCH3 is 1. The van der Waals surface area contributed by atoms with Gasteiger partial charge in [0.05, 0.1) is 12.0 Å². The van der Waals surface area contributed by atoms with Crippen molar-refractivity contribution in [2.75, 3.05) is 33.3 Å². The highest BCUT2D eigenvalue weighted by Crippen LogP contribution is 2.22. The fourth-order valence-electron chi connectivity index (χ4n) is 3.70. The fraction of sp³-hybridized carbons (Fsp3) is 0.320. The highest BCUT2D eigenvalue weighted by Gasteiger charge is 2.23. The molecule has 2 heterocycles. The molecule has 0 bridgehead atoms. The maximum Gasteiger partial charge on any atom is 0.264 e. The normalized spacial score (nSPS) is 14.5. The zero-order valence-corrected chi connectivity index (χ0v) is 18.9. The summed E-state index contributed by atoms with van der Waals surface area (Å²) in [5.74, 6) is 1.88. The second-order valence-corrected chi connectivity index (χ2v) is 8.70. The van der Waals surface area contributed by atoms with E-state index >= 15 is 0 Å². The standard InChI is InChI=1S/C25H28N2O3S/c1-19-5-3-4-6-23(19)30-17-21-15-24(31-18-21)25(28)27-13-11-26(12-14-27)16-20-7-9-22(29-2)10-8-20/h3-10,15,18H,11-14,16-17H2,1-2H3. The van der Waals surface area contributed by atoms with Crippen molar-refractivity contribution in [3.05, 3.63) is 81.5 Å². The zero-order chi connectivity index (χ0) is 21.6. The van der Waals surface area contributed by atoms with Crippen LogP contribution < -0.4 is 9.47 Å². The number of hydrogen-bond acceptors (Lipinski definition) is 5. The summed E-state index contributed by atoms with van der Waals surface area (Å²) < 4.78 is 11.1. The van der Waals surface area contributed by atoms with Gasteiger partial charge in [0.2, 0.25) is 0 Å². The smallest absolute Gasteiger partial charge is 0.264 e. The van der Waals surface area contributed by atoms with Gasteiger partial charge in [-0.15, -0.1) is 11.3 Å². The molecule has 6 heteroatoms. The van der Waals surface area contributed by atoms with Crippen LogP contribution in [0, 0.1) is 6.92 Å². The summed E-state index contributed by atoms with van der Waals surface area (Å²) in [6.07, 6.45) is 0. The van der Waals surface area contributed by atoms with Crippen molar-refractivity contribution in [2.24, 2.45) is 0 Å². The van der Waals surface area contributed by atoms with Crippen molar-refractivity contribution in [3.8, 4) is 11.5 Å². The predicted molar refractivity (Wildman–Crippen MR) is 124 cm³/mol. The molecule has 1 aliphatic heterocycles. The Morgan fingerprint density at radius 2 is 1.74 bits per heavy atom. The van der Waals surface area contributed by atoms with Crippen LogP contribution in [0.2, 0.25) is 0 Å². The third kappa shape index (κ3) is 5.46. The average Bonchev–Trinajstić information content (AvgIpc) is 3.28. The number of thiophene rings is 1. The summed E-state index contributed by atoms with van der Waals surface area (Å²) in [6, 6.07) is 18.1. The molecule has 31 heavy (non-hydrogen) atoms. The molecule has 0 unspecified atom stereocenters. The molecule has 0 saturated carbocycles. The molecule has 1 fully saturated rings. The zero-order valence-electron chi connectivity index (χ0n) is 18.0. The van der Waals surface area contributed by atoms with Gasteiger partial charge in [-0.3, -0.25) is 9.69 Å². The lowest BCUT2D eigenvalue weighted by Crippen LogP contribution is -2.48. The van der Waals surface area contributed by atoms with Crippen LogP contribution in [0.3, 0.4) is 0 Å². The summed E-state index contributed by atoms with van der Waals surface area (Å²) in [5.41, 5.74) is 3.41. The number of carbonyl (C=O) groups is 1. The Labute approximate surface area is 187 Å².